The molecule has 5 rings (SSSR count). The van der Waals surface area contributed by atoms with Gasteiger partial charge in [0.1, 0.15) is 0 Å². The fraction of sp³-hybridized carbons (Fsp3) is 0.303. The van der Waals surface area contributed by atoms with E-state index in [-0.39, 0.29) is 18.8 Å². The van der Waals surface area contributed by atoms with E-state index in [1.807, 2.05) is 54.7 Å². The first-order valence-corrected chi connectivity index (χ1v) is 13.6. The summed E-state index contributed by atoms with van der Waals surface area (Å²) in [6.45, 7) is 2.22. The normalized spacial score (nSPS) is 19.3. The van der Waals surface area contributed by atoms with Crippen molar-refractivity contribution in [3.63, 3.8) is 0 Å². The predicted octanol–water partition coefficient (Wildman–Crippen LogP) is 5.42. The molecule has 4 aromatic rings. The lowest BCUT2D eigenvalue weighted by atomic mass is 9.97. The van der Waals surface area contributed by atoms with Gasteiger partial charge in [0.05, 0.1) is 18.8 Å². The third-order valence-corrected chi connectivity index (χ3v) is 7.34. The highest BCUT2D eigenvalue weighted by molar-refractivity contribution is 5.67. The molecule has 1 aliphatic heterocycles. The molecule has 0 saturated carbocycles. The van der Waals surface area contributed by atoms with E-state index in [1.54, 1.807) is 0 Å². The van der Waals surface area contributed by atoms with Crippen LogP contribution in [-0.4, -0.2) is 41.2 Å². The number of ether oxygens (including phenoxy) is 2. The van der Waals surface area contributed by atoms with Crippen molar-refractivity contribution in [2.24, 2.45) is 5.73 Å². The molecule has 1 saturated heterocycles. The van der Waals surface area contributed by atoms with Crippen LogP contribution in [0.3, 0.4) is 0 Å². The highest BCUT2D eigenvalue weighted by Crippen LogP contribution is 2.38. The molecule has 0 radical (unpaired) electrons. The zero-order valence-electron chi connectivity index (χ0n) is 22.4. The number of aliphatic hydroxyl groups excluding tert-OH is 1. The zero-order chi connectivity index (χ0) is 27.0. The lowest BCUT2D eigenvalue weighted by Crippen LogP contribution is -2.38. The van der Waals surface area contributed by atoms with Gasteiger partial charge in [0.15, 0.2) is 6.29 Å². The molecule has 3 N–H and O–H groups in total. The predicted molar refractivity (Wildman–Crippen MR) is 154 cm³/mol. The number of benzene rings is 3. The van der Waals surface area contributed by atoms with Crippen LogP contribution in [0, 0.1) is 0 Å². The van der Waals surface area contributed by atoms with Gasteiger partial charge < -0.3 is 25.2 Å². The second-order valence-corrected chi connectivity index (χ2v) is 10.2. The van der Waals surface area contributed by atoms with Crippen molar-refractivity contribution in [1.82, 2.24) is 9.88 Å². The smallest absolute Gasteiger partial charge is 0.184 e. The first kappa shape index (κ1) is 27.2. The molecule has 202 valence electrons. The van der Waals surface area contributed by atoms with Crippen molar-refractivity contribution in [2.75, 3.05) is 20.1 Å². The van der Waals surface area contributed by atoms with Crippen LogP contribution in [0.1, 0.15) is 46.8 Å². The van der Waals surface area contributed by atoms with Gasteiger partial charge in [-0.05, 0) is 47.0 Å². The van der Waals surface area contributed by atoms with Gasteiger partial charge >= 0.3 is 0 Å². The summed E-state index contributed by atoms with van der Waals surface area (Å²) in [5.41, 5.74) is 13.4. The van der Waals surface area contributed by atoms with E-state index < -0.39 is 6.29 Å². The van der Waals surface area contributed by atoms with Crippen LogP contribution in [0.4, 0.5) is 0 Å². The van der Waals surface area contributed by atoms with Gasteiger partial charge in [0.25, 0.3) is 0 Å². The van der Waals surface area contributed by atoms with E-state index in [1.165, 1.54) is 0 Å². The van der Waals surface area contributed by atoms with Gasteiger partial charge in [-0.25, -0.2) is 0 Å². The summed E-state index contributed by atoms with van der Waals surface area (Å²) in [7, 11) is 2.13. The van der Waals surface area contributed by atoms with Crippen molar-refractivity contribution in [3.05, 3.63) is 125 Å². The third kappa shape index (κ3) is 6.98. The molecule has 6 nitrogen and oxygen atoms in total. The number of rotatable bonds is 10. The molecule has 1 fully saturated rings. The quantitative estimate of drug-likeness (QED) is 0.289. The van der Waals surface area contributed by atoms with Crippen molar-refractivity contribution in [1.29, 1.82) is 0 Å². The number of aromatic nitrogens is 1. The SMILES string of the molecule is CN(CCc1ccccn1)CC1CC(c2ccc(CO)cc2)OC(c2ccc(-c3ccccc3CN)cc2)O1. The number of aliphatic hydroxyl groups is 1. The number of pyridine rings is 1. The fourth-order valence-corrected chi connectivity index (χ4v) is 5.12. The molecule has 0 bridgehead atoms. The molecule has 39 heavy (non-hydrogen) atoms. The number of hydrogen-bond acceptors (Lipinski definition) is 6. The van der Waals surface area contributed by atoms with E-state index in [9.17, 15) is 5.11 Å². The Labute approximate surface area is 231 Å². The summed E-state index contributed by atoms with van der Waals surface area (Å²) < 4.78 is 13.1. The molecule has 0 spiro atoms. The van der Waals surface area contributed by atoms with Gasteiger partial charge in [-0.15, -0.1) is 0 Å². The topological polar surface area (TPSA) is 80.8 Å². The van der Waals surface area contributed by atoms with Gasteiger partial charge in [-0.2, -0.15) is 0 Å². The van der Waals surface area contributed by atoms with Crippen molar-refractivity contribution < 1.29 is 14.6 Å². The minimum Gasteiger partial charge on any atom is -0.392 e. The Bertz CT molecular complexity index is 1310. The second kappa shape index (κ2) is 13.1. The van der Waals surface area contributed by atoms with E-state index >= 15 is 0 Å². The molecule has 1 aromatic heterocycles. The molecule has 0 aliphatic carbocycles. The van der Waals surface area contributed by atoms with E-state index in [0.717, 1.165) is 65.0 Å². The molecule has 3 atom stereocenters. The summed E-state index contributed by atoms with van der Waals surface area (Å²) in [4.78, 5) is 6.76. The summed E-state index contributed by atoms with van der Waals surface area (Å²) >= 11 is 0. The standard InChI is InChI=1S/C33H37N3O3/c1-36(19-17-29-7-4-5-18-35-29)22-30-20-32(26-11-9-24(23-37)10-12-26)39-33(38-30)27-15-13-25(14-16-27)31-8-3-2-6-28(31)21-34/h2-16,18,30,32-33,37H,17,19-23,34H2,1H3. The molecule has 3 unspecified atom stereocenters. The van der Waals surface area contributed by atoms with Gasteiger partial charge in [-0.1, -0.05) is 78.9 Å². The average Bonchev–Trinajstić information content (AvgIpc) is 3.00. The first-order valence-electron chi connectivity index (χ1n) is 13.6. The molecule has 3 aromatic carbocycles. The number of hydrogen-bond donors (Lipinski definition) is 2. The summed E-state index contributed by atoms with van der Waals surface area (Å²) in [5.74, 6) is 0. The maximum atomic E-state index is 9.47. The molecule has 0 amide bonds. The second-order valence-electron chi connectivity index (χ2n) is 10.2. The first-order chi connectivity index (χ1) is 19.1. The van der Waals surface area contributed by atoms with Gasteiger partial charge in [0, 0.05) is 49.9 Å². The number of nitrogens with two attached hydrogens (primary N) is 1. The van der Waals surface area contributed by atoms with Crippen molar-refractivity contribution in [3.8, 4) is 11.1 Å². The average molecular weight is 524 g/mol. The zero-order valence-corrected chi connectivity index (χ0v) is 22.4. The number of nitrogens with zero attached hydrogens (tertiary/aromatic N) is 2. The van der Waals surface area contributed by atoms with Crippen molar-refractivity contribution >= 4 is 0 Å². The van der Waals surface area contributed by atoms with E-state index in [2.05, 4.69) is 59.4 Å². The Morgan fingerprint density at radius 3 is 2.36 bits per heavy atom. The fourth-order valence-electron chi connectivity index (χ4n) is 5.12. The van der Waals surface area contributed by atoms with Crippen LogP contribution in [0.15, 0.2) is 97.2 Å². The largest absolute Gasteiger partial charge is 0.392 e. The molecular formula is C33H37N3O3. The van der Waals surface area contributed by atoms with Gasteiger partial charge in [-0.3, -0.25) is 4.98 Å². The minimum absolute atomic E-state index is 0.00218. The maximum absolute atomic E-state index is 9.47. The van der Waals surface area contributed by atoms with Crippen LogP contribution >= 0.6 is 0 Å². The van der Waals surface area contributed by atoms with E-state index in [4.69, 9.17) is 15.2 Å². The lowest BCUT2D eigenvalue weighted by Gasteiger charge is -2.38. The molecule has 6 heteroatoms. The summed E-state index contributed by atoms with van der Waals surface area (Å²) in [6.07, 6.45) is 2.90. The Morgan fingerprint density at radius 1 is 0.897 bits per heavy atom. The van der Waals surface area contributed by atoms with E-state index in [0.29, 0.717) is 6.54 Å². The Hall–Kier alpha value is -3.39. The third-order valence-electron chi connectivity index (χ3n) is 7.34. The van der Waals surface area contributed by atoms with Crippen LogP contribution in [0.5, 0.6) is 0 Å². The monoisotopic (exact) mass is 523 g/mol. The summed E-state index contributed by atoms with van der Waals surface area (Å²) in [6, 6.07) is 30.7. The number of likely N-dealkylation sites (N-methyl/N-ethyl adjacent to an activating group) is 1. The Morgan fingerprint density at radius 2 is 1.64 bits per heavy atom. The minimum atomic E-state index is -0.478. The molecule has 1 aliphatic rings. The lowest BCUT2D eigenvalue weighted by molar-refractivity contribution is -0.252. The highest BCUT2D eigenvalue weighted by atomic mass is 16.7. The Kier molecular flexibility index (Phi) is 9.14. The van der Waals surface area contributed by atoms with Crippen LogP contribution < -0.4 is 5.73 Å². The Balaban J connectivity index is 1.33. The summed E-state index contributed by atoms with van der Waals surface area (Å²) in [5, 5.41) is 9.47. The molecular weight excluding hydrogens is 486 g/mol. The highest BCUT2D eigenvalue weighted by Gasteiger charge is 2.32. The van der Waals surface area contributed by atoms with Crippen LogP contribution in [-0.2, 0) is 29.0 Å². The van der Waals surface area contributed by atoms with Crippen molar-refractivity contribution in [2.45, 2.75) is 44.5 Å². The van der Waals surface area contributed by atoms with Crippen LogP contribution in [0.25, 0.3) is 11.1 Å². The maximum Gasteiger partial charge on any atom is 0.184 e. The molecule has 2 heterocycles. The van der Waals surface area contributed by atoms with Gasteiger partial charge in [0.2, 0.25) is 0 Å². The van der Waals surface area contributed by atoms with Crippen LogP contribution in [0.2, 0.25) is 0 Å².